The number of likely N-dealkylation sites (tertiary alicyclic amines) is 1. The third-order valence-corrected chi connectivity index (χ3v) is 6.47. The van der Waals surface area contributed by atoms with Gasteiger partial charge in [0, 0.05) is 37.2 Å². The van der Waals surface area contributed by atoms with Gasteiger partial charge in [-0.2, -0.15) is 0 Å². The molecule has 2 aromatic rings. The van der Waals surface area contributed by atoms with Crippen molar-refractivity contribution in [1.82, 2.24) is 15.5 Å². The second-order valence-electron chi connectivity index (χ2n) is 8.89. The van der Waals surface area contributed by atoms with Gasteiger partial charge in [-0.15, -0.1) is 0 Å². The Labute approximate surface area is 190 Å². The average Bonchev–Trinajstić information content (AvgIpc) is 3.62. The number of amides is 1. The second-order valence-corrected chi connectivity index (χ2v) is 8.89. The van der Waals surface area contributed by atoms with Crippen LogP contribution in [0.5, 0.6) is 0 Å². The second kappa shape index (κ2) is 10.2. The Kier molecular flexibility index (Phi) is 7.08. The van der Waals surface area contributed by atoms with E-state index in [0.717, 1.165) is 74.5 Å². The average molecular weight is 437 g/mol. The highest BCUT2D eigenvalue weighted by atomic mass is 19.1. The van der Waals surface area contributed by atoms with Gasteiger partial charge in [0.05, 0.1) is 6.54 Å². The third-order valence-electron chi connectivity index (χ3n) is 6.47. The van der Waals surface area contributed by atoms with Gasteiger partial charge in [0.1, 0.15) is 5.82 Å². The van der Waals surface area contributed by atoms with Crippen LogP contribution in [-0.4, -0.2) is 42.9 Å². The number of aliphatic imine (C=N–C) groups is 1. The molecule has 0 aromatic heterocycles. The van der Waals surface area contributed by atoms with E-state index < -0.39 is 0 Å². The lowest BCUT2D eigenvalue weighted by molar-refractivity contribution is 0.0724. The zero-order valence-corrected chi connectivity index (χ0v) is 18.9. The van der Waals surface area contributed by atoms with Crippen molar-refractivity contribution in [2.24, 2.45) is 4.99 Å². The van der Waals surface area contributed by atoms with Crippen LogP contribution in [0.3, 0.4) is 0 Å². The first kappa shape index (κ1) is 22.3. The predicted octanol–water partition coefficient (Wildman–Crippen LogP) is 4.24. The van der Waals surface area contributed by atoms with Crippen LogP contribution in [0.25, 0.3) is 0 Å². The maximum absolute atomic E-state index is 13.7. The van der Waals surface area contributed by atoms with Crippen LogP contribution in [0, 0.1) is 5.82 Å². The lowest BCUT2D eigenvalue weighted by Gasteiger charge is -2.26. The molecule has 1 amide bonds. The van der Waals surface area contributed by atoms with Crippen molar-refractivity contribution >= 4 is 11.9 Å². The molecule has 4 rings (SSSR count). The summed E-state index contributed by atoms with van der Waals surface area (Å²) in [5.41, 5.74) is 2.78. The minimum Gasteiger partial charge on any atom is -0.357 e. The number of nitrogens with zero attached hydrogens (tertiary/aromatic N) is 2. The van der Waals surface area contributed by atoms with E-state index in [2.05, 4.69) is 10.6 Å². The summed E-state index contributed by atoms with van der Waals surface area (Å²) in [7, 11) is 0. The monoisotopic (exact) mass is 436 g/mol. The molecule has 0 bridgehead atoms. The fraction of sp³-hybridized carbons (Fsp3) is 0.462. The van der Waals surface area contributed by atoms with Crippen molar-refractivity contribution in [3.05, 3.63) is 71.0 Å². The Hall–Kier alpha value is -2.89. The molecule has 0 radical (unpaired) electrons. The molecule has 2 N–H and O–H groups in total. The molecule has 5 nitrogen and oxygen atoms in total. The summed E-state index contributed by atoms with van der Waals surface area (Å²) >= 11 is 0. The quantitative estimate of drug-likeness (QED) is 0.504. The minimum absolute atomic E-state index is 0.0148. The lowest BCUT2D eigenvalue weighted by atomic mass is 9.96. The molecule has 0 atom stereocenters. The predicted molar refractivity (Wildman–Crippen MR) is 126 cm³/mol. The van der Waals surface area contributed by atoms with Gasteiger partial charge in [-0.25, -0.2) is 9.38 Å². The summed E-state index contributed by atoms with van der Waals surface area (Å²) in [6, 6.07) is 14.7. The highest BCUT2D eigenvalue weighted by molar-refractivity contribution is 5.94. The van der Waals surface area contributed by atoms with Crippen molar-refractivity contribution < 1.29 is 9.18 Å². The summed E-state index contributed by atoms with van der Waals surface area (Å²) in [5, 5.41) is 6.74. The van der Waals surface area contributed by atoms with Crippen molar-refractivity contribution in [3.63, 3.8) is 0 Å². The number of benzene rings is 2. The van der Waals surface area contributed by atoms with Crippen LogP contribution in [0.1, 0.15) is 60.5 Å². The highest BCUT2D eigenvalue weighted by Crippen LogP contribution is 2.47. The first-order chi connectivity index (χ1) is 15.6. The Balaban J connectivity index is 1.39. The molecular weight excluding hydrogens is 403 g/mol. The number of nitrogens with one attached hydrogen (secondary N) is 2. The van der Waals surface area contributed by atoms with Crippen LogP contribution < -0.4 is 10.6 Å². The fourth-order valence-electron chi connectivity index (χ4n) is 4.38. The van der Waals surface area contributed by atoms with Gasteiger partial charge in [-0.3, -0.25) is 4.79 Å². The molecule has 2 aromatic carbocycles. The number of hydrogen-bond acceptors (Lipinski definition) is 2. The zero-order valence-electron chi connectivity index (χ0n) is 18.9. The zero-order chi connectivity index (χ0) is 22.4. The van der Waals surface area contributed by atoms with Gasteiger partial charge in [-0.05, 0) is 74.4 Å². The number of piperidine rings is 1. The number of carbonyl (C=O) groups excluding carboxylic acids is 1. The molecule has 0 spiro atoms. The van der Waals surface area contributed by atoms with Gasteiger partial charge in [0.25, 0.3) is 5.91 Å². The molecule has 2 aliphatic rings. The first-order valence-electron chi connectivity index (χ1n) is 11.8. The summed E-state index contributed by atoms with van der Waals surface area (Å²) in [6.45, 7) is 5.70. The van der Waals surface area contributed by atoms with Gasteiger partial charge >= 0.3 is 0 Å². The summed E-state index contributed by atoms with van der Waals surface area (Å²) < 4.78 is 13.7. The molecule has 0 unspecified atom stereocenters. The fourth-order valence-corrected chi connectivity index (χ4v) is 4.38. The number of halogens is 1. The van der Waals surface area contributed by atoms with Crippen LogP contribution >= 0.6 is 0 Å². The van der Waals surface area contributed by atoms with Crippen molar-refractivity contribution in [1.29, 1.82) is 0 Å². The maximum atomic E-state index is 13.7. The van der Waals surface area contributed by atoms with Gasteiger partial charge in [-0.1, -0.05) is 24.3 Å². The Morgan fingerprint density at radius 2 is 1.84 bits per heavy atom. The Morgan fingerprint density at radius 3 is 2.56 bits per heavy atom. The van der Waals surface area contributed by atoms with E-state index >= 15 is 0 Å². The lowest BCUT2D eigenvalue weighted by Crippen LogP contribution is -2.41. The van der Waals surface area contributed by atoms with Gasteiger partial charge in [0.2, 0.25) is 0 Å². The summed E-state index contributed by atoms with van der Waals surface area (Å²) in [6.07, 6.45) is 5.47. The molecular formula is C26H33FN4O. The molecule has 6 heteroatoms. The highest BCUT2D eigenvalue weighted by Gasteiger charge is 2.44. The third kappa shape index (κ3) is 5.47. The van der Waals surface area contributed by atoms with Gasteiger partial charge in [0.15, 0.2) is 5.96 Å². The molecule has 170 valence electrons. The smallest absolute Gasteiger partial charge is 0.253 e. The minimum atomic E-state index is -0.187. The largest absolute Gasteiger partial charge is 0.357 e. The molecule has 1 aliphatic heterocycles. The van der Waals surface area contributed by atoms with Crippen molar-refractivity contribution in [2.75, 3.05) is 26.2 Å². The molecule has 1 aliphatic carbocycles. The molecule has 1 saturated heterocycles. The van der Waals surface area contributed by atoms with E-state index in [1.165, 1.54) is 12.5 Å². The number of guanidine groups is 1. The SMILES string of the molecule is CCNC(=NCc1cccc(C(=O)N2CCCCC2)c1)NCC1(c2cccc(F)c2)CC1. The summed E-state index contributed by atoms with van der Waals surface area (Å²) in [4.78, 5) is 19.5. The molecule has 32 heavy (non-hydrogen) atoms. The molecule has 2 fully saturated rings. The topological polar surface area (TPSA) is 56.7 Å². The number of rotatable bonds is 7. The van der Waals surface area contributed by atoms with Crippen LogP contribution in [0.4, 0.5) is 4.39 Å². The van der Waals surface area contributed by atoms with E-state index in [9.17, 15) is 9.18 Å². The van der Waals surface area contributed by atoms with E-state index in [-0.39, 0.29) is 17.1 Å². The number of carbonyl (C=O) groups is 1. The van der Waals surface area contributed by atoms with Crippen LogP contribution in [-0.2, 0) is 12.0 Å². The van der Waals surface area contributed by atoms with Crippen molar-refractivity contribution in [3.8, 4) is 0 Å². The van der Waals surface area contributed by atoms with E-state index in [4.69, 9.17) is 4.99 Å². The Morgan fingerprint density at radius 1 is 1.06 bits per heavy atom. The van der Waals surface area contributed by atoms with Crippen LogP contribution in [0.15, 0.2) is 53.5 Å². The van der Waals surface area contributed by atoms with E-state index in [1.807, 2.05) is 42.2 Å². The normalized spacial score (nSPS) is 17.7. The Bertz CT molecular complexity index is 964. The molecule has 1 saturated carbocycles. The standard InChI is InChI=1S/C26H33FN4O/c1-2-28-25(30-19-26(12-13-26)22-10-7-11-23(27)17-22)29-18-20-8-6-9-21(16-20)24(32)31-14-4-3-5-15-31/h6-11,16-17H,2-5,12-15,18-19H2,1H3,(H2,28,29,30). The summed E-state index contributed by atoms with van der Waals surface area (Å²) in [5.74, 6) is 0.669. The van der Waals surface area contributed by atoms with Crippen LogP contribution in [0.2, 0.25) is 0 Å². The van der Waals surface area contributed by atoms with E-state index in [0.29, 0.717) is 6.54 Å². The number of hydrogen-bond donors (Lipinski definition) is 2. The first-order valence-corrected chi connectivity index (χ1v) is 11.8. The van der Waals surface area contributed by atoms with E-state index in [1.54, 1.807) is 12.1 Å². The van der Waals surface area contributed by atoms with Gasteiger partial charge < -0.3 is 15.5 Å². The maximum Gasteiger partial charge on any atom is 0.253 e. The molecule has 1 heterocycles. The van der Waals surface area contributed by atoms with Crippen molar-refractivity contribution in [2.45, 2.75) is 51.0 Å².